The third-order valence-electron chi connectivity index (χ3n) is 5.82. The standard InChI is InChI=1S/C26H31N3O8/c1-26(2,3)37-25(34)27-12-19-28-29-24(36-19)15-9-7-14(8-10-15)16-5-4-6-17(11-16)23-22(33)21(32)20(31)18(13-30)35-23/h4-11,18,20-23,30-33H,12-13H2,1-3H3,(H,27,34)/t18-,20-,21+,22+,23-/m1/s1. The molecule has 1 aliphatic rings. The topological polar surface area (TPSA) is 167 Å². The van der Waals surface area contributed by atoms with E-state index in [9.17, 15) is 25.2 Å². The van der Waals surface area contributed by atoms with Gasteiger partial charge in [0.05, 0.1) is 13.2 Å². The molecule has 37 heavy (non-hydrogen) atoms. The second-order valence-corrected chi connectivity index (χ2v) is 9.81. The highest BCUT2D eigenvalue weighted by Gasteiger charge is 2.43. The maximum atomic E-state index is 11.8. The van der Waals surface area contributed by atoms with E-state index in [1.165, 1.54) is 0 Å². The normalized spacial score (nSPS) is 24.0. The van der Waals surface area contributed by atoms with E-state index in [4.69, 9.17) is 13.9 Å². The highest BCUT2D eigenvalue weighted by Crippen LogP contribution is 2.34. The number of rotatable bonds is 6. The van der Waals surface area contributed by atoms with Crippen LogP contribution in [0.3, 0.4) is 0 Å². The summed E-state index contributed by atoms with van der Waals surface area (Å²) in [6, 6.07) is 14.6. The number of nitrogens with one attached hydrogen (secondary N) is 1. The molecule has 11 nitrogen and oxygen atoms in total. The molecule has 4 rings (SSSR count). The molecule has 0 saturated carbocycles. The summed E-state index contributed by atoms with van der Waals surface area (Å²) >= 11 is 0. The predicted molar refractivity (Wildman–Crippen MR) is 131 cm³/mol. The van der Waals surface area contributed by atoms with Crippen LogP contribution in [0, 0.1) is 0 Å². The van der Waals surface area contributed by atoms with Crippen LogP contribution in [0.5, 0.6) is 0 Å². The molecule has 5 atom stereocenters. The molecule has 1 aromatic heterocycles. The van der Waals surface area contributed by atoms with Crippen molar-refractivity contribution in [2.45, 2.75) is 63.4 Å². The minimum atomic E-state index is -1.45. The number of hydrogen-bond donors (Lipinski definition) is 5. The molecule has 0 unspecified atom stereocenters. The van der Waals surface area contributed by atoms with Crippen LogP contribution in [-0.4, -0.2) is 73.3 Å². The largest absolute Gasteiger partial charge is 0.444 e. The zero-order valence-corrected chi connectivity index (χ0v) is 20.7. The van der Waals surface area contributed by atoms with Crippen LogP contribution < -0.4 is 5.32 Å². The first-order chi connectivity index (χ1) is 17.6. The molecule has 0 bridgehead atoms. The number of benzene rings is 2. The highest BCUT2D eigenvalue weighted by atomic mass is 16.6. The number of aliphatic hydroxyl groups is 4. The quantitative estimate of drug-likeness (QED) is 0.329. The Labute approximate surface area is 213 Å². The van der Waals surface area contributed by atoms with E-state index in [1.54, 1.807) is 32.9 Å². The van der Waals surface area contributed by atoms with Crippen LogP contribution in [0.1, 0.15) is 38.3 Å². The molecule has 0 spiro atoms. The van der Waals surface area contributed by atoms with Crippen molar-refractivity contribution in [3.05, 3.63) is 60.0 Å². The highest BCUT2D eigenvalue weighted by molar-refractivity contribution is 5.68. The van der Waals surface area contributed by atoms with E-state index in [0.29, 0.717) is 17.0 Å². The number of ether oxygens (including phenoxy) is 2. The molecular formula is C26H31N3O8. The fraction of sp³-hybridized carbons (Fsp3) is 0.423. The second-order valence-electron chi connectivity index (χ2n) is 9.81. The molecule has 2 aromatic carbocycles. The van der Waals surface area contributed by atoms with Crippen LogP contribution >= 0.6 is 0 Å². The Morgan fingerprint density at radius 2 is 1.68 bits per heavy atom. The first-order valence-corrected chi connectivity index (χ1v) is 11.9. The number of amides is 1. The summed E-state index contributed by atoms with van der Waals surface area (Å²) in [6.45, 7) is 4.85. The minimum absolute atomic E-state index is 0.0325. The fourth-order valence-corrected chi connectivity index (χ4v) is 3.98. The molecule has 1 fully saturated rings. The third-order valence-corrected chi connectivity index (χ3v) is 5.82. The Balaban J connectivity index is 1.45. The van der Waals surface area contributed by atoms with Crippen molar-refractivity contribution in [1.29, 1.82) is 0 Å². The molecule has 1 saturated heterocycles. The van der Waals surface area contributed by atoms with Gasteiger partial charge in [-0.25, -0.2) is 4.79 Å². The van der Waals surface area contributed by atoms with Gasteiger partial charge in [0, 0.05) is 5.56 Å². The maximum Gasteiger partial charge on any atom is 0.408 e. The zero-order valence-electron chi connectivity index (χ0n) is 20.7. The van der Waals surface area contributed by atoms with Gasteiger partial charge in [0.25, 0.3) is 0 Å². The molecule has 5 N–H and O–H groups in total. The second kappa shape index (κ2) is 11.0. The van der Waals surface area contributed by atoms with Crippen molar-refractivity contribution in [3.8, 4) is 22.6 Å². The molecule has 11 heteroatoms. The Hall–Kier alpha value is -3.35. The molecule has 198 valence electrons. The first-order valence-electron chi connectivity index (χ1n) is 11.9. The van der Waals surface area contributed by atoms with E-state index in [1.807, 2.05) is 36.4 Å². The number of alkyl carbamates (subject to hydrolysis) is 1. The van der Waals surface area contributed by atoms with Crippen LogP contribution in [-0.2, 0) is 16.0 Å². The minimum Gasteiger partial charge on any atom is -0.444 e. The van der Waals surface area contributed by atoms with Gasteiger partial charge in [-0.3, -0.25) is 0 Å². The maximum absolute atomic E-state index is 11.8. The fourth-order valence-electron chi connectivity index (χ4n) is 3.98. The summed E-state index contributed by atoms with van der Waals surface area (Å²) in [4.78, 5) is 11.8. The molecule has 1 aliphatic heterocycles. The monoisotopic (exact) mass is 513 g/mol. The Morgan fingerprint density at radius 3 is 2.35 bits per heavy atom. The van der Waals surface area contributed by atoms with E-state index in [-0.39, 0.29) is 12.4 Å². The number of nitrogens with zero attached hydrogens (tertiary/aromatic N) is 2. The van der Waals surface area contributed by atoms with E-state index in [2.05, 4.69) is 15.5 Å². The smallest absolute Gasteiger partial charge is 0.408 e. The SMILES string of the molecule is CC(C)(C)OC(=O)NCc1nnc(-c2ccc(-c3cccc([C@H]4O[C@H](CO)[C@@H](O)[C@H](O)[C@@H]4O)c3)cc2)o1. The Bertz CT molecular complexity index is 1210. The van der Waals surface area contributed by atoms with E-state index < -0.39 is 48.8 Å². The van der Waals surface area contributed by atoms with Crippen LogP contribution in [0.4, 0.5) is 4.79 Å². The molecule has 0 radical (unpaired) electrons. The number of carbonyl (C=O) groups is 1. The molecular weight excluding hydrogens is 482 g/mol. The Kier molecular flexibility index (Phi) is 7.90. The summed E-state index contributed by atoms with van der Waals surface area (Å²) in [5, 5.41) is 50.6. The summed E-state index contributed by atoms with van der Waals surface area (Å²) in [7, 11) is 0. The van der Waals surface area contributed by atoms with Gasteiger partial charge < -0.3 is 39.6 Å². The van der Waals surface area contributed by atoms with Crippen LogP contribution in [0.15, 0.2) is 52.9 Å². The average molecular weight is 514 g/mol. The van der Waals surface area contributed by atoms with Gasteiger partial charge in [-0.2, -0.15) is 0 Å². The van der Waals surface area contributed by atoms with Gasteiger partial charge >= 0.3 is 6.09 Å². The number of hydrogen-bond acceptors (Lipinski definition) is 10. The summed E-state index contributed by atoms with van der Waals surface area (Å²) in [5.74, 6) is 0.528. The molecule has 1 amide bonds. The number of carbonyl (C=O) groups excluding carboxylic acids is 1. The lowest BCUT2D eigenvalue weighted by atomic mass is 9.90. The van der Waals surface area contributed by atoms with Gasteiger partial charge in [0.2, 0.25) is 11.8 Å². The summed E-state index contributed by atoms with van der Waals surface area (Å²) in [6.07, 6.45) is -6.69. The van der Waals surface area contributed by atoms with Gasteiger partial charge in [-0.05, 0) is 55.7 Å². The number of aliphatic hydroxyl groups excluding tert-OH is 4. The zero-order chi connectivity index (χ0) is 26.7. The van der Waals surface area contributed by atoms with Gasteiger partial charge in [0.1, 0.15) is 36.1 Å². The number of aromatic nitrogens is 2. The van der Waals surface area contributed by atoms with Crippen molar-refractivity contribution >= 4 is 6.09 Å². The summed E-state index contributed by atoms with van der Waals surface area (Å²) in [5.41, 5.74) is 2.36. The molecule has 3 aromatic rings. The lowest BCUT2D eigenvalue weighted by molar-refractivity contribution is -0.231. The molecule has 2 heterocycles. The average Bonchev–Trinajstić information content (AvgIpc) is 3.35. The first kappa shape index (κ1) is 26.7. The van der Waals surface area contributed by atoms with Crippen molar-refractivity contribution < 1.29 is 39.1 Å². The van der Waals surface area contributed by atoms with Gasteiger partial charge in [-0.1, -0.05) is 30.3 Å². The van der Waals surface area contributed by atoms with Crippen LogP contribution in [0.25, 0.3) is 22.6 Å². The lowest BCUT2D eigenvalue weighted by Crippen LogP contribution is -2.55. The van der Waals surface area contributed by atoms with Crippen molar-refractivity contribution in [1.82, 2.24) is 15.5 Å². The molecule has 0 aliphatic carbocycles. The van der Waals surface area contributed by atoms with Crippen molar-refractivity contribution in [2.24, 2.45) is 0 Å². The van der Waals surface area contributed by atoms with Crippen LogP contribution in [0.2, 0.25) is 0 Å². The van der Waals surface area contributed by atoms with Crippen molar-refractivity contribution in [3.63, 3.8) is 0 Å². The van der Waals surface area contributed by atoms with Crippen molar-refractivity contribution in [2.75, 3.05) is 6.61 Å². The Morgan fingerprint density at radius 1 is 0.973 bits per heavy atom. The third kappa shape index (κ3) is 6.32. The summed E-state index contributed by atoms with van der Waals surface area (Å²) < 4.78 is 16.5. The van der Waals surface area contributed by atoms with E-state index >= 15 is 0 Å². The van der Waals surface area contributed by atoms with Gasteiger partial charge in [-0.15, -0.1) is 10.2 Å². The lowest BCUT2D eigenvalue weighted by Gasteiger charge is -2.40. The predicted octanol–water partition coefficient (Wildman–Crippen LogP) is 1.94. The van der Waals surface area contributed by atoms with Gasteiger partial charge in [0.15, 0.2) is 0 Å². The van der Waals surface area contributed by atoms with E-state index in [0.717, 1.165) is 11.1 Å².